The fourth-order valence-electron chi connectivity index (χ4n) is 2.42. The van der Waals surface area contributed by atoms with Gasteiger partial charge in [-0.25, -0.2) is 8.42 Å². The number of carbonyl (C=O) groups excluding carboxylic acids is 1. The zero-order valence-corrected chi connectivity index (χ0v) is 11.3. The van der Waals surface area contributed by atoms with Gasteiger partial charge in [0.2, 0.25) is 5.91 Å². The van der Waals surface area contributed by atoms with Crippen LogP contribution in [0.1, 0.15) is 6.42 Å². The second kappa shape index (κ2) is 5.99. The Morgan fingerprint density at radius 1 is 1.33 bits per heavy atom. The van der Waals surface area contributed by atoms with E-state index in [1.807, 2.05) is 0 Å². The highest BCUT2D eigenvalue weighted by Gasteiger charge is 2.32. The fourth-order valence-corrected chi connectivity index (χ4v) is 4.16. The molecule has 1 amide bonds. The minimum absolute atomic E-state index is 0.0203. The lowest BCUT2D eigenvalue weighted by Gasteiger charge is -2.27. The number of carbonyl (C=O) groups is 1. The largest absolute Gasteiger partial charge is 0.355 e. The number of hydrogen-bond acceptors (Lipinski definition) is 5. The third kappa shape index (κ3) is 3.93. The monoisotopic (exact) mass is 275 g/mol. The molecule has 2 heterocycles. The van der Waals surface area contributed by atoms with Crippen LogP contribution < -0.4 is 10.6 Å². The van der Waals surface area contributed by atoms with Crippen molar-refractivity contribution in [2.45, 2.75) is 6.42 Å². The van der Waals surface area contributed by atoms with Crippen molar-refractivity contribution in [1.29, 1.82) is 0 Å². The molecule has 0 aromatic heterocycles. The molecule has 0 bridgehead atoms. The van der Waals surface area contributed by atoms with E-state index >= 15 is 0 Å². The van der Waals surface area contributed by atoms with E-state index in [2.05, 4.69) is 15.5 Å². The minimum atomic E-state index is -2.97. The van der Waals surface area contributed by atoms with Crippen LogP contribution in [-0.4, -0.2) is 70.0 Å². The predicted molar refractivity (Wildman–Crippen MR) is 69.1 cm³/mol. The molecule has 0 aromatic carbocycles. The number of sulfone groups is 1. The van der Waals surface area contributed by atoms with Crippen LogP contribution in [0.5, 0.6) is 0 Å². The van der Waals surface area contributed by atoms with Gasteiger partial charge in [0, 0.05) is 39.3 Å². The van der Waals surface area contributed by atoms with Crippen molar-refractivity contribution in [3.63, 3.8) is 0 Å². The van der Waals surface area contributed by atoms with E-state index in [1.54, 1.807) is 0 Å². The van der Waals surface area contributed by atoms with Gasteiger partial charge in [0.1, 0.15) is 0 Å². The maximum absolute atomic E-state index is 11.8. The molecule has 0 aromatic rings. The van der Waals surface area contributed by atoms with E-state index in [0.29, 0.717) is 13.0 Å². The van der Waals surface area contributed by atoms with E-state index in [1.165, 1.54) is 0 Å². The summed E-state index contributed by atoms with van der Waals surface area (Å²) < 4.78 is 22.5. The van der Waals surface area contributed by atoms with E-state index in [0.717, 1.165) is 32.7 Å². The first kappa shape index (κ1) is 13.8. The topological polar surface area (TPSA) is 78.5 Å². The molecule has 2 N–H and O–H groups in total. The molecule has 0 aliphatic carbocycles. The number of hydrogen-bond donors (Lipinski definition) is 2. The fraction of sp³-hybridized carbons (Fsp3) is 0.909. The number of piperazine rings is 1. The van der Waals surface area contributed by atoms with Crippen molar-refractivity contribution in [2.24, 2.45) is 5.92 Å². The first-order chi connectivity index (χ1) is 8.57. The van der Waals surface area contributed by atoms with E-state index < -0.39 is 9.84 Å². The molecule has 0 radical (unpaired) electrons. The highest BCUT2D eigenvalue weighted by molar-refractivity contribution is 7.91. The normalized spacial score (nSPS) is 28.1. The second-order valence-corrected chi connectivity index (χ2v) is 7.21. The van der Waals surface area contributed by atoms with E-state index in [4.69, 9.17) is 0 Å². The smallest absolute Gasteiger partial charge is 0.224 e. The number of nitrogens with one attached hydrogen (secondary N) is 2. The van der Waals surface area contributed by atoms with Crippen LogP contribution >= 0.6 is 0 Å². The average molecular weight is 275 g/mol. The van der Waals surface area contributed by atoms with E-state index in [9.17, 15) is 13.2 Å². The number of rotatable bonds is 4. The lowest BCUT2D eigenvalue weighted by molar-refractivity contribution is -0.124. The Labute approximate surface area is 108 Å². The summed E-state index contributed by atoms with van der Waals surface area (Å²) in [6.45, 7) is 5.45. The molecule has 2 fully saturated rings. The van der Waals surface area contributed by atoms with E-state index in [-0.39, 0.29) is 23.3 Å². The van der Waals surface area contributed by atoms with Gasteiger partial charge in [-0.3, -0.25) is 9.69 Å². The molecule has 1 atom stereocenters. The average Bonchev–Trinajstić information content (AvgIpc) is 2.71. The van der Waals surface area contributed by atoms with Gasteiger partial charge in [0.15, 0.2) is 9.84 Å². The molecule has 0 saturated carbocycles. The Morgan fingerprint density at radius 3 is 2.67 bits per heavy atom. The summed E-state index contributed by atoms with van der Waals surface area (Å²) in [7, 11) is -2.97. The number of nitrogens with zero attached hydrogens (tertiary/aromatic N) is 1. The van der Waals surface area contributed by atoms with Crippen LogP contribution in [0, 0.1) is 5.92 Å². The van der Waals surface area contributed by atoms with Crippen LogP contribution in [-0.2, 0) is 14.6 Å². The molecular weight excluding hydrogens is 254 g/mol. The third-order valence-corrected chi connectivity index (χ3v) is 5.31. The maximum atomic E-state index is 11.8. The molecule has 0 spiro atoms. The summed E-state index contributed by atoms with van der Waals surface area (Å²) in [6.07, 6.45) is 0.474. The molecular formula is C11H21N3O3S. The van der Waals surface area contributed by atoms with Gasteiger partial charge >= 0.3 is 0 Å². The van der Waals surface area contributed by atoms with Crippen molar-refractivity contribution in [3.8, 4) is 0 Å². The van der Waals surface area contributed by atoms with Gasteiger partial charge in [0.05, 0.1) is 17.4 Å². The highest BCUT2D eigenvalue weighted by atomic mass is 32.2. The standard InChI is InChI=1S/C11H21N3O3S/c15-11(10-1-8-18(16,17)9-10)13-4-7-14-5-2-12-3-6-14/h10,12H,1-9H2,(H,13,15). The van der Waals surface area contributed by atoms with Gasteiger partial charge in [0.25, 0.3) is 0 Å². The number of amides is 1. The maximum Gasteiger partial charge on any atom is 0.224 e. The van der Waals surface area contributed by atoms with Gasteiger partial charge in [-0.2, -0.15) is 0 Å². The third-order valence-electron chi connectivity index (χ3n) is 3.54. The van der Waals surface area contributed by atoms with Gasteiger partial charge in [-0.05, 0) is 6.42 Å². The molecule has 7 heteroatoms. The van der Waals surface area contributed by atoms with Crippen molar-refractivity contribution in [3.05, 3.63) is 0 Å². The minimum Gasteiger partial charge on any atom is -0.355 e. The zero-order valence-electron chi connectivity index (χ0n) is 10.5. The Hall–Kier alpha value is -0.660. The lowest BCUT2D eigenvalue weighted by Crippen LogP contribution is -2.46. The molecule has 1 unspecified atom stereocenters. The Kier molecular flexibility index (Phi) is 4.58. The molecule has 2 aliphatic rings. The molecule has 104 valence electrons. The summed E-state index contributed by atoms with van der Waals surface area (Å²) >= 11 is 0. The molecule has 2 rings (SSSR count). The van der Waals surface area contributed by atoms with Crippen molar-refractivity contribution in [2.75, 3.05) is 50.8 Å². The SMILES string of the molecule is O=C(NCCN1CCNCC1)C1CCS(=O)(=O)C1. The summed E-state index contributed by atoms with van der Waals surface area (Å²) in [5.74, 6) is -0.265. The molecule has 2 aliphatic heterocycles. The Morgan fingerprint density at radius 2 is 2.06 bits per heavy atom. The summed E-state index contributed by atoms with van der Waals surface area (Å²) in [5, 5.41) is 6.12. The van der Waals surface area contributed by atoms with Crippen molar-refractivity contribution in [1.82, 2.24) is 15.5 Å². The zero-order chi connectivity index (χ0) is 13.0. The van der Waals surface area contributed by atoms with Crippen LogP contribution in [0.25, 0.3) is 0 Å². The predicted octanol–water partition coefficient (Wildman–Crippen LogP) is -1.56. The lowest BCUT2D eigenvalue weighted by atomic mass is 10.1. The van der Waals surface area contributed by atoms with Crippen LogP contribution in [0.3, 0.4) is 0 Å². The Bertz CT molecular complexity index is 390. The van der Waals surface area contributed by atoms with Crippen LogP contribution in [0.15, 0.2) is 0 Å². The first-order valence-electron chi connectivity index (χ1n) is 6.48. The van der Waals surface area contributed by atoms with Crippen molar-refractivity contribution < 1.29 is 13.2 Å². The summed E-state index contributed by atoms with van der Waals surface area (Å²) in [6, 6.07) is 0. The summed E-state index contributed by atoms with van der Waals surface area (Å²) in [4.78, 5) is 14.1. The highest BCUT2D eigenvalue weighted by Crippen LogP contribution is 2.18. The quantitative estimate of drug-likeness (QED) is 0.649. The molecule has 18 heavy (non-hydrogen) atoms. The second-order valence-electron chi connectivity index (χ2n) is 4.98. The molecule has 6 nitrogen and oxygen atoms in total. The van der Waals surface area contributed by atoms with Crippen LogP contribution in [0.4, 0.5) is 0 Å². The first-order valence-corrected chi connectivity index (χ1v) is 8.30. The van der Waals surface area contributed by atoms with Crippen molar-refractivity contribution >= 4 is 15.7 Å². The summed E-state index contributed by atoms with van der Waals surface area (Å²) in [5.41, 5.74) is 0. The van der Waals surface area contributed by atoms with Gasteiger partial charge < -0.3 is 10.6 Å². The van der Waals surface area contributed by atoms with Gasteiger partial charge in [-0.15, -0.1) is 0 Å². The van der Waals surface area contributed by atoms with Gasteiger partial charge in [-0.1, -0.05) is 0 Å². The van der Waals surface area contributed by atoms with Crippen LogP contribution in [0.2, 0.25) is 0 Å². The molecule has 2 saturated heterocycles. The Balaban J connectivity index is 1.66.